The van der Waals surface area contributed by atoms with Crippen LogP contribution in [-0.2, 0) is 23.1 Å². The molecular formula is C24H32N4O3. The van der Waals surface area contributed by atoms with Crippen molar-refractivity contribution < 1.29 is 9.53 Å². The Morgan fingerprint density at radius 2 is 1.74 bits per heavy atom. The van der Waals surface area contributed by atoms with Gasteiger partial charge in [0.15, 0.2) is 0 Å². The average molecular weight is 425 g/mol. The highest BCUT2D eigenvalue weighted by Gasteiger charge is 2.50. The largest absolute Gasteiger partial charge is 0.379 e. The number of aromatic nitrogens is 1. The van der Waals surface area contributed by atoms with Gasteiger partial charge in [-0.25, -0.2) is 0 Å². The van der Waals surface area contributed by atoms with Crippen LogP contribution in [0.4, 0.5) is 0 Å². The first-order chi connectivity index (χ1) is 15.1. The molecule has 166 valence electrons. The smallest absolute Gasteiger partial charge is 0.255 e. The maximum Gasteiger partial charge on any atom is 0.255 e. The van der Waals surface area contributed by atoms with Gasteiger partial charge in [-0.3, -0.25) is 19.4 Å². The number of hydrogen-bond donors (Lipinski definition) is 0. The van der Waals surface area contributed by atoms with Crippen LogP contribution in [0.3, 0.4) is 0 Å². The predicted octanol–water partition coefficient (Wildman–Crippen LogP) is 1.30. The van der Waals surface area contributed by atoms with Crippen LogP contribution in [0.15, 0.2) is 35.1 Å². The molecule has 5 rings (SSSR count). The Kier molecular flexibility index (Phi) is 5.58. The van der Waals surface area contributed by atoms with Gasteiger partial charge >= 0.3 is 0 Å². The number of rotatable bonds is 5. The van der Waals surface area contributed by atoms with E-state index in [2.05, 4.69) is 20.8 Å². The molecule has 3 aliphatic rings. The van der Waals surface area contributed by atoms with Crippen LogP contribution in [0.5, 0.6) is 0 Å². The topological polar surface area (TPSA) is 58.0 Å². The average Bonchev–Trinajstić information content (AvgIpc) is 3.35. The lowest BCUT2D eigenvalue weighted by molar-refractivity contribution is -0.135. The summed E-state index contributed by atoms with van der Waals surface area (Å²) in [5.74, 6) is 0.315. The predicted molar refractivity (Wildman–Crippen MR) is 120 cm³/mol. The number of carbonyl (C=O) groups is 1. The van der Waals surface area contributed by atoms with Gasteiger partial charge in [-0.1, -0.05) is 18.2 Å². The Hall–Kier alpha value is -2.22. The zero-order valence-electron chi connectivity index (χ0n) is 18.4. The van der Waals surface area contributed by atoms with Gasteiger partial charge in [0.05, 0.1) is 24.1 Å². The standard InChI is InChI=1S/C24H32N4O3/c1-25-21-5-3-2-4-19(21)16-20(22(25)29)17-27-8-6-24(18-27)7-9-28(23(24)30)11-10-26-12-14-31-15-13-26/h2-5,16H,6-15,17-18H2,1H3. The number of carbonyl (C=O) groups excluding carboxylic acids is 1. The zero-order chi connectivity index (χ0) is 21.4. The van der Waals surface area contributed by atoms with Gasteiger partial charge in [-0.2, -0.15) is 0 Å². The summed E-state index contributed by atoms with van der Waals surface area (Å²) in [6.07, 6.45) is 1.83. The van der Waals surface area contributed by atoms with Crippen LogP contribution >= 0.6 is 0 Å². The van der Waals surface area contributed by atoms with Crippen molar-refractivity contribution >= 4 is 16.8 Å². The van der Waals surface area contributed by atoms with E-state index in [1.165, 1.54) is 0 Å². The highest BCUT2D eigenvalue weighted by atomic mass is 16.5. The summed E-state index contributed by atoms with van der Waals surface area (Å²) >= 11 is 0. The fraction of sp³-hybridized carbons (Fsp3) is 0.583. The second-order valence-corrected chi connectivity index (χ2v) is 9.33. The van der Waals surface area contributed by atoms with Gasteiger partial charge in [0.2, 0.25) is 5.91 Å². The molecule has 1 aromatic heterocycles. The molecule has 1 aromatic carbocycles. The molecule has 31 heavy (non-hydrogen) atoms. The fourth-order valence-corrected chi connectivity index (χ4v) is 5.51. The molecule has 3 saturated heterocycles. The second kappa shape index (κ2) is 8.37. The summed E-state index contributed by atoms with van der Waals surface area (Å²) in [5, 5.41) is 1.08. The molecule has 1 amide bonds. The van der Waals surface area contributed by atoms with Crippen LogP contribution in [0.2, 0.25) is 0 Å². The first-order valence-electron chi connectivity index (χ1n) is 11.5. The first-order valence-corrected chi connectivity index (χ1v) is 11.5. The van der Waals surface area contributed by atoms with Crippen molar-refractivity contribution in [3.63, 3.8) is 0 Å². The van der Waals surface area contributed by atoms with Gasteiger partial charge in [0.25, 0.3) is 5.56 Å². The molecule has 0 radical (unpaired) electrons. The van der Waals surface area contributed by atoms with Crippen molar-refractivity contribution in [2.45, 2.75) is 19.4 Å². The monoisotopic (exact) mass is 424 g/mol. The normalized spacial score (nSPS) is 25.3. The zero-order valence-corrected chi connectivity index (χ0v) is 18.4. The molecule has 3 fully saturated rings. The summed E-state index contributed by atoms with van der Waals surface area (Å²) in [4.78, 5) is 32.9. The van der Waals surface area contributed by atoms with Crippen molar-refractivity contribution in [2.75, 3.05) is 59.0 Å². The number of ether oxygens (including phenoxy) is 1. The number of pyridine rings is 1. The molecule has 3 aliphatic heterocycles. The maximum atomic E-state index is 13.3. The lowest BCUT2D eigenvalue weighted by Gasteiger charge is -2.29. The Morgan fingerprint density at radius 1 is 0.968 bits per heavy atom. The van der Waals surface area contributed by atoms with Gasteiger partial charge in [0, 0.05) is 58.4 Å². The Labute approximate surface area is 183 Å². The Morgan fingerprint density at radius 3 is 2.58 bits per heavy atom. The molecule has 0 aliphatic carbocycles. The minimum atomic E-state index is -0.257. The third-order valence-corrected chi connectivity index (χ3v) is 7.42. The lowest BCUT2D eigenvalue weighted by atomic mass is 9.85. The maximum absolute atomic E-state index is 13.3. The van der Waals surface area contributed by atoms with E-state index in [4.69, 9.17) is 4.74 Å². The van der Waals surface area contributed by atoms with Crippen molar-refractivity contribution in [2.24, 2.45) is 12.5 Å². The summed E-state index contributed by atoms with van der Waals surface area (Å²) in [5.41, 5.74) is 1.57. The number of hydrogen-bond acceptors (Lipinski definition) is 5. The number of aryl methyl sites for hydroxylation is 1. The molecule has 0 bridgehead atoms. The number of benzene rings is 1. The highest BCUT2D eigenvalue weighted by Crippen LogP contribution is 2.41. The van der Waals surface area contributed by atoms with Crippen molar-refractivity contribution in [3.05, 3.63) is 46.2 Å². The third-order valence-electron chi connectivity index (χ3n) is 7.42. The van der Waals surface area contributed by atoms with E-state index in [-0.39, 0.29) is 11.0 Å². The van der Waals surface area contributed by atoms with E-state index >= 15 is 0 Å². The van der Waals surface area contributed by atoms with Crippen LogP contribution in [0.1, 0.15) is 18.4 Å². The molecule has 1 atom stereocenters. The molecule has 7 nitrogen and oxygen atoms in total. The van der Waals surface area contributed by atoms with Crippen LogP contribution < -0.4 is 5.56 Å². The second-order valence-electron chi connectivity index (χ2n) is 9.33. The summed E-state index contributed by atoms with van der Waals surface area (Å²) in [7, 11) is 1.84. The lowest BCUT2D eigenvalue weighted by Crippen LogP contribution is -2.43. The molecule has 2 aromatic rings. The summed E-state index contributed by atoms with van der Waals surface area (Å²) in [6.45, 7) is 8.35. The molecular weight excluding hydrogens is 392 g/mol. The summed E-state index contributed by atoms with van der Waals surface area (Å²) in [6, 6.07) is 10.0. The van der Waals surface area contributed by atoms with E-state index in [0.29, 0.717) is 12.5 Å². The molecule has 1 spiro atoms. The number of morpholine rings is 1. The number of nitrogens with zero attached hydrogens (tertiary/aromatic N) is 4. The highest BCUT2D eigenvalue weighted by molar-refractivity contribution is 5.85. The molecule has 0 N–H and O–H groups in total. The van der Waals surface area contributed by atoms with Gasteiger partial charge < -0.3 is 14.2 Å². The number of para-hydroxylation sites is 1. The van der Waals surface area contributed by atoms with Gasteiger partial charge in [0.1, 0.15) is 0 Å². The molecule has 0 saturated carbocycles. The van der Waals surface area contributed by atoms with E-state index in [1.54, 1.807) is 4.57 Å². The van der Waals surface area contributed by atoms with E-state index in [0.717, 1.165) is 88.3 Å². The van der Waals surface area contributed by atoms with Crippen molar-refractivity contribution in [3.8, 4) is 0 Å². The van der Waals surface area contributed by atoms with Crippen LogP contribution in [-0.4, -0.2) is 84.2 Å². The van der Waals surface area contributed by atoms with Gasteiger partial charge in [-0.15, -0.1) is 0 Å². The van der Waals surface area contributed by atoms with Crippen molar-refractivity contribution in [1.82, 2.24) is 19.3 Å². The number of amides is 1. The number of likely N-dealkylation sites (tertiary alicyclic amines) is 2. The molecule has 4 heterocycles. The van der Waals surface area contributed by atoms with Gasteiger partial charge in [-0.05, 0) is 36.9 Å². The van der Waals surface area contributed by atoms with Crippen LogP contribution in [0.25, 0.3) is 10.9 Å². The summed E-state index contributed by atoms with van der Waals surface area (Å²) < 4.78 is 7.16. The third kappa shape index (κ3) is 3.90. The van der Waals surface area contributed by atoms with Crippen molar-refractivity contribution in [1.29, 1.82) is 0 Å². The number of fused-ring (bicyclic) bond motifs is 1. The van der Waals surface area contributed by atoms with E-state index < -0.39 is 0 Å². The fourth-order valence-electron chi connectivity index (χ4n) is 5.51. The molecule has 1 unspecified atom stereocenters. The van der Waals surface area contributed by atoms with Crippen LogP contribution in [0, 0.1) is 5.41 Å². The molecule has 7 heteroatoms. The minimum absolute atomic E-state index is 0.0598. The Balaban J connectivity index is 1.24. The quantitative estimate of drug-likeness (QED) is 0.724. The first kappa shape index (κ1) is 20.7. The SMILES string of the molecule is Cn1c(=O)c(CN2CCC3(CCN(CCN4CCOCC4)C3=O)C2)cc2ccccc21. The Bertz CT molecular complexity index is 1030. The minimum Gasteiger partial charge on any atom is -0.379 e. The van der Waals surface area contributed by atoms with E-state index in [1.807, 2.05) is 31.3 Å². The van der Waals surface area contributed by atoms with E-state index in [9.17, 15) is 9.59 Å².